The van der Waals surface area contributed by atoms with Crippen LogP contribution < -0.4 is 9.46 Å². The van der Waals surface area contributed by atoms with Crippen LogP contribution in [0.5, 0.6) is 5.75 Å². The lowest BCUT2D eigenvalue weighted by Crippen LogP contribution is -2.26. The third kappa shape index (κ3) is 5.19. The Hall–Kier alpha value is -2.77. The maximum Gasteiger partial charge on any atom is 0.240 e. The number of benzene rings is 2. The topological polar surface area (TPSA) is 81.2 Å². The van der Waals surface area contributed by atoms with Crippen molar-refractivity contribution in [3.05, 3.63) is 71.5 Å². The Kier molecular flexibility index (Phi) is 6.61. The summed E-state index contributed by atoms with van der Waals surface area (Å²) in [4.78, 5) is 8.98. The van der Waals surface area contributed by atoms with E-state index in [9.17, 15) is 8.42 Å². The van der Waals surface area contributed by atoms with Crippen LogP contribution in [0.15, 0.2) is 59.8 Å². The standard InChI is InChI=1S/C22H25N3O3S/c1-4-28-21-16(2)12-20(13-17(21)3)29(26,27)25-11-10-18-14-23-22(24-15-18)19-8-6-5-7-9-19/h5-9,12-15,25H,4,10-11H2,1-3H3. The van der Waals surface area contributed by atoms with Gasteiger partial charge in [0.05, 0.1) is 11.5 Å². The van der Waals surface area contributed by atoms with Gasteiger partial charge in [0, 0.05) is 24.5 Å². The predicted molar refractivity (Wildman–Crippen MR) is 113 cm³/mol. The van der Waals surface area contributed by atoms with Gasteiger partial charge in [0.1, 0.15) is 5.75 Å². The quantitative estimate of drug-likeness (QED) is 0.611. The van der Waals surface area contributed by atoms with E-state index in [0.717, 1.165) is 28.0 Å². The van der Waals surface area contributed by atoms with Crippen LogP contribution in [-0.2, 0) is 16.4 Å². The molecular formula is C22H25N3O3S. The van der Waals surface area contributed by atoms with Crippen molar-refractivity contribution >= 4 is 10.0 Å². The van der Waals surface area contributed by atoms with Gasteiger partial charge in [-0.2, -0.15) is 0 Å². The zero-order valence-electron chi connectivity index (χ0n) is 16.8. The van der Waals surface area contributed by atoms with Crippen molar-refractivity contribution in [3.63, 3.8) is 0 Å². The molecule has 0 saturated heterocycles. The Morgan fingerprint density at radius 2 is 1.62 bits per heavy atom. The van der Waals surface area contributed by atoms with Crippen LogP contribution in [0, 0.1) is 13.8 Å². The highest BCUT2D eigenvalue weighted by atomic mass is 32.2. The van der Waals surface area contributed by atoms with Crippen LogP contribution in [-0.4, -0.2) is 31.5 Å². The van der Waals surface area contributed by atoms with Gasteiger partial charge in [0.25, 0.3) is 0 Å². The molecule has 1 N–H and O–H groups in total. The molecule has 0 atom stereocenters. The first kappa shape index (κ1) is 21.0. The number of sulfonamides is 1. The number of aromatic nitrogens is 2. The highest BCUT2D eigenvalue weighted by Crippen LogP contribution is 2.26. The number of ether oxygens (including phenoxy) is 1. The zero-order chi connectivity index (χ0) is 20.9. The molecule has 3 aromatic rings. The largest absolute Gasteiger partial charge is 0.493 e. The summed E-state index contributed by atoms with van der Waals surface area (Å²) in [6.45, 7) is 6.41. The Labute approximate surface area is 172 Å². The second-order valence-corrected chi connectivity index (χ2v) is 8.51. The van der Waals surface area contributed by atoms with Gasteiger partial charge in [-0.15, -0.1) is 0 Å². The normalized spacial score (nSPS) is 11.4. The molecule has 0 spiro atoms. The molecule has 7 heteroatoms. The molecule has 0 aliphatic rings. The minimum atomic E-state index is -3.60. The average Bonchev–Trinajstić information content (AvgIpc) is 2.71. The summed E-state index contributed by atoms with van der Waals surface area (Å²) in [6.07, 6.45) is 3.97. The van der Waals surface area contributed by atoms with Crippen molar-refractivity contribution in [2.24, 2.45) is 0 Å². The van der Waals surface area contributed by atoms with E-state index in [2.05, 4.69) is 14.7 Å². The Morgan fingerprint density at radius 1 is 1.00 bits per heavy atom. The number of rotatable bonds is 8. The monoisotopic (exact) mass is 411 g/mol. The molecule has 29 heavy (non-hydrogen) atoms. The second-order valence-electron chi connectivity index (χ2n) is 6.75. The minimum Gasteiger partial charge on any atom is -0.493 e. The van der Waals surface area contributed by atoms with Gasteiger partial charge < -0.3 is 4.74 Å². The van der Waals surface area contributed by atoms with Gasteiger partial charge in [0.2, 0.25) is 10.0 Å². The van der Waals surface area contributed by atoms with Gasteiger partial charge in [0.15, 0.2) is 5.82 Å². The summed E-state index contributed by atoms with van der Waals surface area (Å²) < 4.78 is 33.5. The van der Waals surface area contributed by atoms with Crippen molar-refractivity contribution in [1.29, 1.82) is 0 Å². The molecule has 0 amide bonds. The Balaban J connectivity index is 1.64. The van der Waals surface area contributed by atoms with Gasteiger partial charge in [-0.3, -0.25) is 0 Å². The molecule has 3 rings (SSSR count). The van der Waals surface area contributed by atoms with E-state index in [1.165, 1.54) is 0 Å². The first-order valence-electron chi connectivity index (χ1n) is 9.50. The molecule has 0 radical (unpaired) electrons. The SMILES string of the molecule is CCOc1c(C)cc(S(=O)(=O)NCCc2cnc(-c3ccccc3)nc2)cc1C. The molecular weight excluding hydrogens is 386 g/mol. The number of hydrogen-bond donors (Lipinski definition) is 1. The fourth-order valence-electron chi connectivity index (χ4n) is 3.07. The fraction of sp³-hybridized carbons (Fsp3) is 0.273. The van der Waals surface area contributed by atoms with Crippen LogP contribution in [0.4, 0.5) is 0 Å². The summed E-state index contributed by atoms with van der Waals surface area (Å²) >= 11 is 0. The van der Waals surface area contributed by atoms with Crippen LogP contribution >= 0.6 is 0 Å². The molecule has 1 heterocycles. The van der Waals surface area contributed by atoms with E-state index in [1.54, 1.807) is 24.5 Å². The molecule has 0 aliphatic heterocycles. The van der Waals surface area contributed by atoms with E-state index in [4.69, 9.17) is 4.74 Å². The first-order chi connectivity index (χ1) is 13.9. The van der Waals surface area contributed by atoms with E-state index in [0.29, 0.717) is 18.9 Å². The highest BCUT2D eigenvalue weighted by molar-refractivity contribution is 7.89. The molecule has 152 valence electrons. The van der Waals surface area contributed by atoms with Crippen LogP contribution in [0.25, 0.3) is 11.4 Å². The van der Waals surface area contributed by atoms with Crippen molar-refractivity contribution in [2.75, 3.05) is 13.2 Å². The molecule has 0 aliphatic carbocycles. The molecule has 0 unspecified atom stereocenters. The van der Waals surface area contributed by atoms with Crippen molar-refractivity contribution in [3.8, 4) is 17.1 Å². The lowest BCUT2D eigenvalue weighted by atomic mass is 10.1. The molecule has 6 nitrogen and oxygen atoms in total. The average molecular weight is 412 g/mol. The molecule has 2 aromatic carbocycles. The van der Waals surface area contributed by atoms with E-state index in [1.807, 2.05) is 51.1 Å². The van der Waals surface area contributed by atoms with Crippen molar-refractivity contribution in [2.45, 2.75) is 32.1 Å². The predicted octanol–water partition coefficient (Wildman–Crippen LogP) is 3.68. The third-order valence-electron chi connectivity index (χ3n) is 4.48. The number of nitrogens with one attached hydrogen (secondary N) is 1. The van der Waals surface area contributed by atoms with E-state index >= 15 is 0 Å². The third-order valence-corrected chi connectivity index (χ3v) is 5.92. The highest BCUT2D eigenvalue weighted by Gasteiger charge is 2.17. The number of aryl methyl sites for hydroxylation is 2. The van der Waals surface area contributed by atoms with Gasteiger partial charge in [-0.25, -0.2) is 23.1 Å². The van der Waals surface area contributed by atoms with Crippen LogP contribution in [0.1, 0.15) is 23.6 Å². The van der Waals surface area contributed by atoms with E-state index in [-0.39, 0.29) is 11.4 Å². The Bertz CT molecular complexity index is 1040. The van der Waals surface area contributed by atoms with E-state index < -0.39 is 10.0 Å². The lowest BCUT2D eigenvalue weighted by Gasteiger charge is -2.13. The second kappa shape index (κ2) is 9.15. The zero-order valence-corrected chi connectivity index (χ0v) is 17.7. The number of nitrogens with zero attached hydrogens (tertiary/aromatic N) is 2. The molecule has 1 aromatic heterocycles. The van der Waals surface area contributed by atoms with Crippen LogP contribution in [0.2, 0.25) is 0 Å². The maximum absolute atomic E-state index is 12.7. The summed E-state index contributed by atoms with van der Waals surface area (Å²) in [6, 6.07) is 13.0. The Morgan fingerprint density at radius 3 is 2.21 bits per heavy atom. The van der Waals surface area contributed by atoms with Crippen LogP contribution in [0.3, 0.4) is 0 Å². The maximum atomic E-state index is 12.7. The van der Waals surface area contributed by atoms with Gasteiger partial charge in [-0.05, 0) is 56.0 Å². The van der Waals surface area contributed by atoms with Crippen molar-refractivity contribution in [1.82, 2.24) is 14.7 Å². The molecule has 0 bridgehead atoms. The summed E-state index contributed by atoms with van der Waals surface area (Å²) in [5.41, 5.74) is 3.42. The van der Waals surface area contributed by atoms with Gasteiger partial charge >= 0.3 is 0 Å². The van der Waals surface area contributed by atoms with Gasteiger partial charge in [-0.1, -0.05) is 30.3 Å². The molecule has 0 saturated carbocycles. The molecule has 0 fully saturated rings. The van der Waals surface area contributed by atoms with Crippen molar-refractivity contribution < 1.29 is 13.2 Å². The lowest BCUT2D eigenvalue weighted by molar-refractivity contribution is 0.335. The summed E-state index contributed by atoms with van der Waals surface area (Å²) in [7, 11) is -3.60. The fourth-order valence-corrected chi connectivity index (χ4v) is 4.27. The summed E-state index contributed by atoms with van der Waals surface area (Å²) in [5, 5.41) is 0. The smallest absolute Gasteiger partial charge is 0.240 e. The first-order valence-corrected chi connectivity index (χ1v) is 11.0. The minimum absolute atomic E-state index is 0.242. The summed E-state index contributed by atoms with van der Waals surface area (Å²) in [5.74, 6) is 1.39. The number of hydrogen-bond acceptors (Lipinski definition) is 5.